The number of esters is 3. The van der Waals surface area contributed by atoms with Gasteiger partial charge in [0, 0.05) is 132 Å². The van der Waals surface area contributed by atoms with E-state index in [1.807, 2.05) is 17.0 Å². The van der Waals surface area contributed by atoms with Gasteiger partial charge in [0.1, 0.15) is 35.8 Å². The molecule has 5 unspecified atom stereocenters. The van der Waals surface area contributed by atoms with Gasteiger partial charge < -0.3 is 58.1 Å². The first kappa shape index (κ1) is 55.4. The summed E-state index contributed by atoms with van der Waals surface area (Å²) in [6.45, 7) is 12.7. The molecule has 1 aromatic heterocycles. The quantitative estimate of drug-likeness (QED) is 0.0891. The number of carbonyl (C=O) groups is 6. The normalized spacial score (nSPS) is 23.0. The van der Waals surface area contributed by atoms with E-state index in [2.05, 4.69) is 59.5 Å². The molecule has 22 nitrogen and oxygen atoms in total. The zero-order chi connectivity index (χ0) is 56.8. The average Bonchev–Trinajstić information content (AvgIpc) is 1.70. The lowest BCUT2D eigenvalue weighted by molar-refractivity contribution is -0.239. The summed E-state index contributed by atoms with van der Waals surface area (Å²) in [5, 5.41) is 11.4. The largest absolute Gasteiger partial charge is 0.463 e. The molecule has 12 rings (SSSR count). The monoisotopic (exact) mass is 1130 g/mol. The van der Waals surface area contributed by atoms with Crippen LogP contribution in [-0.2, 0) is 90.2 Å². The second kappa shape index (κ2) is 23.3. The number of aryl methyl sites for hydroxylation is 2. The molecule has 3 amide bonds. The Balaban J connectivity index is 0.665. The van der Waals surface area contributed by atoms with Crippen molar-refractivity contribution < 1.29 is 61.9 Å². The van der Waals surface area contributed by atoms with Crippen molar-refractivity contribution in [1.29, 1.82) is 0 Å². The Hall–Kier alpha value is -7.14. The summed E-state index contributed by atoms with van der Waals surface area (Å²) in [6, 6.07) is 11.9. The van der Waals surface area contributed by atoms with Crippen LogP contribution in [0.25, 0.3) is 0 Å². The maximum atomic E-state index is 15.1. The van der Waals surface area contributed by atoms with Gasteiger partial charge in [0.25, 0.3) is 5.91 Å². The Morgan fingerprint density at radius 2 is 1.32 bits per heavy atom. The molecule has 1 spiro atoms. The number of rotatable bonds is 17. The molecule has 8 aliphatic heterocycles. The highest BCUT2D eigenvalue weighted by molar-refractivity contribution is 6.03. The lowest BCUT2D eigenvalue weighted by atomic mass is 9.70. The van der Waals surface area contributed by atoms with Crippen molar-refractivity contribution >= 4 is 47.0 Å². The van der Waals surface area contributed by atoms with Crippen LogP contribution in [0.4, 0.5) is 11.4 Å². The molecule has 2 saturated heterocycles. The number of hydrogen-bond donors (Lipinski definition) is 1. The van der Waals surface area contributed by atoms with Gasteiger partial charge in [0.15, 0.2) is 18.4 Å². The van der Waals surface area contributed by atoms with Crippen LogP contribution in [0.15, 0.2) is 42.6 Å². The molecule has 22 heteroatoms. The topological polar surface area (TPSA) is 226 Å². The second-order valence-electron chi connectivity index (χ2n) is 22.7. The Morgan fingerprint density at radius 1 is 0.707 bits per heavy atom. The summed E-state index contributed by atoms with van der Waals surface area (Å²) in [5.41, 5.74) is 11.5. The molecule has 5 atom stereocenters. The molecule has 82 heavy (non-hydrogen) atoms. The van der Waals surface area contributed by atoms with Gasteiger partial charge in [-0.05, 0) is 86.3 Å². The first-order valence-corrected chi connectivity index (χ1v) is 29.2. The molecule has 4 aromatic rings. The van der Waals surface area contributed by atoms with E-state index in [1.54, 1.807) is 6.20 Å². The van der Waals surface area contributed by atoms with Crippen molar-refractivity contribution in [1.82, 2.24) is 35.0 Å². The van der Waals surface area contributed by atoms with E-state index in [1.165, 1.54) is 66.0 Å². The molecule has 1 N–H and O–H groups in total. The number of amides is 3. The van der Waals surface area contributed by atoms with E-state index in [-0.39, 0.29) is 31.4 Å². The first-order chi connectivity index (χ1) is 39.8. The number of nitrogens with one attached hydrogen (secondary N) is 1. The van der Waals surface area contributed by atoms with Crippen LogP contribution < -0.4 is 19.9 Å². The smallest absolute Gasteiger partial charge is 0.303 e. The number of nitrogens with zero attached hydrogens (tertiary/aromatic N) is 8. The number of benzene rings is 3. The third-order valence-electron chi connectivity index (χ3n) is 17.4. The van der Waals surface area contributed by atoms with E-state index in [9.17, 15) is 24.0 Å². The summed E-state index contributed by atoms with van der Waals surface area (Å²) < 4.78 is 43.8. The standard InChI is InChI=1S/C60H73N9O13/c1-36(70)61-51-57(80-39(4)73)56(79-38(3)72)49(35-78-37(2)71)81-59(51)69-34-42(62-63-69)33-64-22-24-65(25-23-64)50(74)17-27-76-29-30-77-28-26-68-58(75)43-13-5-6-16-46(43)60(68)47-31-40-11-7-18-66-20-9-14-44(52(40)66)54(47)82-55-45-15-10-21-67-19-8-12-41(53(45)67)32-48(55)60/h5-6,13,16,31-32,34,49,51,56-57,59H,7-12,14-15,17-30,33,35H2,1-4H3,(H,61,70). The number of ether oxygens (including phenoxy) is 7. The lowest BCUT2D eigenvalue weighted by Crippen LogP contribution is -2.64. The maximum absolute atomic E-state index is 15.1. The van der Waals surface area contributed by atoms with Gasteiger partial charge in [0.05, 0.1) is 44.7 Å². The molecule has 8 aliphatic rings. The minimum atomic E-state index is -1.24. The molecule has 0 saturated carbocycles. The minimum Gasteiger partial charge on any atom is -0.463 e. The zero-order valence-electron chi connectivity index (χ0n) is 47.3. The van der Waals surface area contributed by atoms with E-state index < -0.39 is 59.9 Å². The Bertz CT molecular complexity index is 3070. The van der Waals surface area contributed by atoms with Crippen molar-refractivity contribution in [2.24, 2.45) is 0 Å². The summed E-state index contributed by atoms with van der Waals surface area (Å²) in [4.78, 5) is 88.5. The number of piperazine rings is 1. The average molecular weight is 1130 g/mol. The van der Waals surface area contributed by atoms with Crippen LogP contribution in [0.3, 0.4) is 0 Å². The molecule has 0 radical (unpaired) electrons. The van der Waals surface area contributed by atoms with E-state index >= 15 is 4.79 Å². The van der Waals surface area contributed by atoms with Crippen LogP contribution in [0.2, 0.25) is 0 Å². The zero-order valence-corrected chi connectivity index (χ0v) is 47.3. The van der Waals surface area contributed by atoms with Crippen LogP contribution >= 0.6 is 0 Å². The van der Waals surface area contributed by atoms with Gasteiger partial charge in [-0.1, -0.05) is 23.4 Å². The fourth-order valence-electron chi connectivity index (χ4n) is 14.2. The summed E-state index contributed by atoms with van der Waals surface area (Å²) in [7, 11) is 0. The fourth-order valence-corrected chi connectivity index (χ4v) is 14.2. The first-order valence-electron chi connectivity index (χ1n) is 29.2. The van der Waals surface area contributed by atoms with Crippen molar-refractivity contribution in [3.05, 3.63) is 92.8 Å². The van der Waals surface area contributed by atoms with E-state index in [0.717, 1.165) is 111 Å². The van der Waals surface area contributed by atoms with Crippen molar-refractivity contribution in [3.63, 3.8) is 0 Å². The van der Waals surface area contributed by atoms with Gasteiger partial charge in [-0.15, -0.1) is 5.10 Å². The van der Waals surface area contributed by atoms with Crippen LogP contribution in [-0.4, -0.2) is 182 Å². The Kier molecular flexibility index (Phi) is 15.7. The van der Waals surface area contributed by atoms with E-state index in [4.69, 9.17) is 33.2 Å². The maximum Gasteiger partial charge on any atom is 0.303 e. The summed E-state index contributed by atoms with van der Waals surface area (Å²) in [5.74, 6) is -0.637. The SMILES string of the molecule is CC(=O)NC1C(OC(C)=O)C(OC(C)=O)C(COC(C)=O)OC1n1cc(CN2CCN(C(=O)CCOCCOCCN3C(=O)c4ccccc4C34c3cc5c6c(c3Oc3c4cc4c7c3CCCN7CCC4)CCCN6CCC5)CC2)nn1. The summed E-state index contributed by atoms with van der Waals surface area (Å²) in [6.07, 6.45) is 5.36. The second-order valence-corrected chi connectivity index (χ2v) is 22.7. The van der Waals surface area contributed by atoms with E-state index in [0.29, 0.717) is 64.8 Å². The number of carbonyl (C=O) groups excluding carboxylic acids is 6. The number of fused-ring (bicyclic) bond motifs is 8. The third-order valence-corrected chi connectivity index (χ3v) is 17.4. The molecule has 0 aliphatic carbocycles. The van der Waals surface area contributed by atoms with Gasteiger partial charge >= 0.3 is 17.9 Å². The predicted octanol–water partition coefficient (Wildman–Crippen LogP) is 4.13. The Morgan fingerprint density at radius 3 is 1.94 bits per heavy atom. The highest BCUT2D eigenvalue weighted by Gasteiger charge is 2.58. The molecule has 2 fully saturated rings. The molecule has 0 bridgehead atoms. The molecule has 436 valence electrons. The predicted molar refractivity (Wildman–Crippen MR) is 295 cm³/mol. The number of anilines is 2. The van der Waals surface area contributed by atoms with Gasteiger partial charge in [0.2, 0.25) is 11.8 Å². The number of hydrogen-bond acceptors (Lipinski definition) is 18. The third kappa shape index (κ3) is 10.3. The Labute approximate surface area is 476 Å². The van der Waals surface area contributed by atoms with Crippen LogP contribution in [0.5, 0.6) is 11.5 Å². The highest BCUT2D eigenvalue weighted by Crippen LogP contribution is 2.62. The molecular weight excluding hydrogens is 1050 g/mol. The van der Waals surface area contributed by atoms with Gasteiger partial charge in [-0.2, -0.15) is 0 Å². The molecule has 3 aromatic carbocycles. The fraction of sp³-hybridized carbons (Fsp3) is 0.567. The van der Waals surface area contributed by atoms with Crippen molar-refractivity contribution in [2.45, 2.75) is 128 Å². The van der Waals surface area contributed by atoms with Gasteiger partial charge in [-0.3, -0.25) is 33.7 Å². The van der Waals surface area contributed by atoms with Crippen LogP contribution in [0.1, 0.15) is 121 Å². The van der Waals surface area contributed by atoms with Crippen LogP contribution in [0, 0.1) is 0 Å². The summed E-state index contributed by atoms with van der Waals surface area (Å²) >= 11 is 0. The van der Waals surface area contributed by atoms with Gasteiger partial charge in [-0.25, -0.2) is 4.68 Å². The highest BCUT2D eigenvalue weighted by atomic mass is 16.6. The molecular formula is C60H73N9O13. The minimum absolute atomic E-state index is 0.00652. The van der Waals surface area contributed by atoms with Crippen molar-refractivity contribution in [2.75, 3.05) is 102 Å². The molecule has 9 heterocycles. The lowest BCUT2D eigenvalue weighted by Gasteiger charge is -2.49. The number of aromatic nitrogens is 3. The van der Waals surface area contributed by atoms with Crippen molar-refractivity contribution in [3.8, 4) is 11.5 Å².